The van der Waals surface area contributed by atoms with E-state index < -0.39 is 17.6 Å². The van der Waals surface area contributed by atoms with Crippen molar-refractivity contribution in [2.24, 2.45) is 0 Å². The Morgan fingerprint density at radius 2 is 1.96 bits per heavy atom. The zero-order valence-electron chi connectivity index (χ0n) is 11.7. The molecule has 0 amide bonds. The SMILES string of the molecule is CNc1nc(Nc2cc(F)cc3[nH]ncc23)ncc1C(F)(F)F. The summed E-state index contributed by atoms with van der Waals surface area (Å²) in [7, 11) is 1.32. The molecule has 0 atom stereocenters. The van der Waals surface area contributed by atoms with Gasteiger partial charge in [0.25, 0.3) is 0 Å². The number of aromatic nitrogens is 4. The Labute approximate surface area is 126 Å². The first-order valence-corrected chi connectivity index (χ1v) is 6.40. The van der Waals surface area contributed by atoms with Gasteiger partial charge >= 0.3 is 6.18 Å². The number of hydrogen-bond acceptors (Lipinski definition) is 5. The van der Waals surface area contributed by atoms with Gasteiger partial charge < -0.3 is 10.6 Å². The fraction of sp³-hybridized carbons (Fsp3) is 0.154. The van der Waals surface area contributed by atoms with Gasteiger partial charge in [0.1, 0.15) is 17.2 Å². The van der Waals surface area contributed by atoms with E-state index in [0.717, 1.165) is 0 Å². The smallest absolute Gasteiger partial charge is 0.372 e. The molecule has 0 spiro atoms. The summed E-state index contributed by atoms with van der Waals surface area (Å²) >= 11 is 0. The summed E-state index contributed by atoms with van der Waals surface area (Å²) in [5.74, 6) is -1.02. The van der Waals surface area contributed by atoms with Crippen molar-refractivity contribution in [3.63, 3.8) is 0 Å². The van der Waals surface area contributed by atoms with E-state index in [0.29, 0.717) is 17.1 Å². The van der Waals surface area contributed by atoms with E-state index in [9.17, 15) is 17.6 Å². The van der Waals surface area contributed by atoms with Gasteiger partial charge in [0.05, 0.1) is 17.4 Å². The molecule has 6 nitrogen and oxygen atoms in total. The molecule has 1 aromatic carbocycles. The van der Waals surface area contributed by atoms with Gasteiger partial charge in [0.2, 0.25) is 5.95 Å². The van der Waals surface area contributed by atoms with Crippen LogP contribution in [-0.2, 0) is 6.18 Å². The molecule has 0 aliphatic carbocycles. The van der Waals surface area contributed by atoms with Crippen molar-refractivity contribution in [2.45, 2.75) is 6.18 Å². The number of nitrogens with zero attached hydrogens (tertiary/aromatic N) is 3. The van der Waals surface area contributed by atoms with Crippen molar-refractivity contribution >= 4 is 28.4 Å². The highest BCUT2D eigenvalue weighted by Crippen LogP contribution is 2.34. The lowest BCUT2D eigenvalue weighted by Crippen LogP contribution is -2.12. The largest absolute Gasteiger partial charge is 0.421 e. The van der Waals surface area contributed by atoms with Gasteiger partial charge in [-0.3, -0.25) is 5.10 Å². The van der Waals surface area contributed by atoms with Crippen LogP contribution >= 0.6 is 0 Å². The van der Waals surface area contributed by atoms with Gasteiger partial charge in [0.15, 0.2) is 0 Å². The number of aromatic amines is 1. The molecule has 2 heterocycles. The Morgan fingerprint density at radius 3 is 2.65 bits per heavy atom. The highest BCUT2D eigenvalue weighted by Gasteiger charge is 2.35. The second-order valence-electron chi connectivity index (χ2n) is 4.61. The van der Waals surface area contributed by atoms with Crippen molar-refractivity contribution in [1.82, 2.24) is 20.2 Å². The zero-order valence-corrected chi connectivity index (χ0v) is 11.7. The predicted molar refractivity (Wildman–Crippen MR) is 75.9 cm³/mol. The zero-order chi connectivity index (χ0) is 16.6. The van der Waals surface area contributed by atoms with E-state index in [1.165, 1.54) is 25.4 Å². The molecule has 0 bridgehead atoms. The number of nitrogens with one attached hydrogen (secondary N) is 3. The predicted octanol–water partition coefficient (Wildman–Crippen LogP) is 3.30. The average Bonchev–Trinajstić information content (AvgIpc) is 2.94. The van der Waals surface area contributed by atoms with E-state index in [1.807, 2.05) is 0 Å². The molecule has 0 aliphatic heterocycles. The number of halogens is 4. The molecule has 10 heteroatoms. The number of H-pyrrole nitrogens is 1. The number of fused-ring (bicyclic) bond motifs is 1. The first-order chi connectivity index (χ1) is 10.9. The van der Waals surface area contributed by atoms with E-state index in [1.54, 1.807) is 0 Å². The minimum Gasteiger partial charge on any atom is -0.372 e. The van der Waals surface area contributed by atoms with E-state index >= 15 is 0 Å². The van der Waals surface area contributed by atoms with Crippen LogP contribution in [0.5, 0.6) is 0 Å². The van der Waals surface area contributed by atoms with Crippen molar-refractivity contribution in [1.29, 1.82) is 0 Å². The van der Waals surface area contributed by atoms with Crippen LogP contribution in [0.2, 0.25) is 0 Å². The third-order valence-corrected chi connectivity index (χ3v) is 3.10. The van der Waals surface area contributed by atoms with Crippen molar-refractivity contribution in [3.8, 4) is 0 Å². The maximum atomic E-state index is 13.6. The fourth-order valence-electron chi connectivity index (χ4n) is 2.08. The summed E-state index contributed by atoms with van der Waals surface area (Å²) in [6.07, 6.45) is -2.46. The number of rotatable bonds is 3. The Balaban J connectivity index is 2.01. The molecule has 0 radical (unpaired) electrons. The third-order valence-electron chi connectivity index (χ3n) is 3.10. The average molecular weight is 326 g/mol. The summed E-state index contributed by atoms with van der Waals surface area (Å²) in [5, 5.41) is 12.0. The van der Waals surface area contributed by atoms with Crippen molar-refractivity contribution in [2.75, 3.05) is 17.7 Å². The molecule has 2 aromatic heterocycles. The van der Waals surface area contributed by atoms with Crippen molar-refractivity contribution < 1.29 is 17.6 Å². The molecule has 0 unspecified atom stereocenters. The van der Waals surface area contributed by atoms with Crippen LogP contribution in [0.15, 0.2) is 24.5 Å². The number of alkyl halides is 3. The Hall–Kier alpha value is -2.91. The molecule has 3 rings (SSSR count). The maximum Gasteiger partial charge on any atom is 0.421 e. The van der Waals surface area contributed by atoms with Gasteiger partial charge in [-0.25, -0.2) is 9.37 Å². The summed E-state index contributed by atoms with van der Waals surface area (Å²) < 4.78 is 52.0. The molecule has 3 N–H and O–H groups in total. The highest BCUT2D eigenvalue weighted by atomic mass is 19.4. The first-order valence-electron chi connectivity index (χ1n) is 6.40. The number of anilines is 3. The number of hydrogen-bond donors (Lipinski definition) is 3. The topological polar surface area (TPSA) is 78.5 Å². The quantitative estimate of drug-likeness (QED) is 0.644. The van der Waals surface area contributed by atoms with Crippen LogP contribution in [0, 0.1) is 5.82 Å². The minimum absolute atomic E-state index is 0.101. The summed E-state index contributed by atoms with van der Waals surface area (Å²) in [6, 6.07) is 2.43. The van der Waals surface area contributed by atoms with Gasteiger partial charge in [-0.05, 0) is 12.1 Å². The van der Waals surface area contributed by atoms with Crippen LogP contribution in [0.1, 0.15) is 5.56 Å². The van der Waals surface area contributed by atoms with E-state index in [-0.39, 0.29) is 17.5 Å². The number of benzene rings is 1. The summed E-state index contributed by atoms with van der Waals surface area (Å²) in [4.78, 5) is 7.40. The molecule has 120 valence electrons. The van der Waals surface area contributed by atoms with Crippen LogP contribution in [0.25, 0.3) is 10.9 Å². The van der Waals surface area contributed by atoms with Crippen molar-refractivity contribution in [3.05, 3.63) is 35.9 Å². The van der Waals surface area contributed by atoms with Gasteiger partial charge in [0, 0.05) is 18.6 Å². The third kappa shape index (κ3) is 2.87. The standard InChI is InChI=1S/C13H10F4N6/c1-18-11-8(13(15,16)17)5-19-12(22-11)21-9-2-6(14)3-10-7(9)4-20-23-10/h2-5H,1H3,(H,20,23)(H2,18,19,21,22). The molecular formula is C13H10F4N6. The van der Waals surface area contributed by atoms with Gasteiger partial charge in [-0.2, -0.15) is 23.3 Å². The van der Waals surface area contributed by atoms with Crippen LogP contribution in [-0.4, -0.2) is 27.2 Å². The normalized spacial score (nSPS) is 11.7. The second kappa shape index (κ2) is 5.38. The molecule has 3 aromatic rings. The summed E-state index contributed by atoms with van der Waals surface area (Å²) in [6.45, 7) is 0. The Kier molecular flexibility index (Phi) is 3.51. The molecule has 0 aliphatic rings. The lowest BCUT2D eigenvalue weighted by atomic mass is 10.2. The van der Waals surface area contributed by atoms with Crippen LogP contribution < -0.4 is 10.6 Å². The van der Waals surface area contributed by atoms with E-state index in [2.05, 4.69) is 30.8 Å². The van der Waals surface area contributed by atoms with Gasteiger partial charge in [-0.1, -0.05) is 0 Å². The highest BCUT2D eigenvalue weighted by molar-refractivity contribution is 5.92. The molecule has 0 saturated carbocycles. The molecular weight excluding hydrogens is 316 g/mol. The lowest BCUT2D eigenvalue weighted by Gasteiger charge is -2.13. The molecule has 0 saturated heterocycles. The van der Waals surface area contributed by atoms with Crippen LogP contribution in [0.4, 0.5) is 35.0 Å². The maximum absolute atomic E-state index is 13.6. The van der Waals surface area contributed by atoms with Crippen LogP contribution in [0.3, 0.4) is 0 Å². The van der Waals surface area contributed by atoms with Gasteiger partial charge in [-0.15, -0.1) is 0 Å². The Morgan fingerprint density at radius 1 is 1.17 bits per heavy atom. The molecule has 0 fully saturated rings. The Bertz CT molecular complexity index is 857. The minimum atomic E-state index is -4.58. The first kappa shape index (κ1) is 15.0. The molecule has 23 heavy (non-hydrogen) atoms. The second-order valence-corrected chi connectivity index (χ2v) is 4.61. The summed E-state index contributed by atoms with van der Waals surface area (Å²) in [5.41, 5.74) is -0.262. The lowest BCUT2D eigenvalue weighted by molar-refractivity contribution is -0.137. The monoisotopic (exact) mass is 326 g/mol. The van der Waals surface area contributed by atoms with E-state index in [4.69, 9.17) is 0 Å². The fourth-order valence-corrected chi connectivity index (χ4v) is 2.08.